The third-order valence-corrected chi connectivity index (χ3v) is 4.62. The van der Waals surface area contributed by atoms with Gasteiger partial charge in [-0.15, -0.1) is 0 Å². The molecule has 0 fully saturated rings. The molecule has 0 rings (SSSR count). The number of carbonyl (C=O) groups is 6. The van der Waals surface area contributed by atoms with Gasteiger partial charge in [0.1, 0.15) is 12.1 Å². The minimum atomic E-state index is -1.28. The fourth-order valence-electron chi connectivity index (χ4n) is 2.86. The van der Waals surface area contributed by atoms with Crippen LogP contribution in [0.25, 0.3) is 0 Å². The number of hydrogen-bond acceptors (Lipinski definition) is 6. The van der Waals surface area contributed by atoms with Gasteiger partial charge in [-0.05, 0) is 25.7 Å². The summed E-state index contributed by atoms with van der Waals surface area (Å²) in [6.07, 6.45) is 3.32. The van der Waals surface area contributed by atoms with Gasteiger partial charge in [-0.1, -0.05) is 25.7 Å². The quantitative estimate of drug-likeness (QED) is 0.150. The second-order valence-electron chi connectivity index (χ2n) is 7.40. The molecule has 12 heteroatoms. The largest absolute Gasteiger partial charge is 0.481 e. The van der Waals surface area contributed by atoms with E-state index in [2.05, 4.69) is 10.6 Å². The number of carbonyl (C=O) groups excluding carboxylic acids is 2. The number of aliphatic carboxylic acids is 4. The summed E-state index contributed by atoms with van der Waals surface area (Å²) in [5.41, 5.74) is 0. The maximum Gasteiger partial charge on any atom is 0.326 e. The van der Waals surface area contributed by atoms with Gasteiger partial charge in [0.05, 0.1) is 0 Å². The third kappa shape index (κ3) is 15.6. The molecule has 32 heavy (non-hydrogen) atoms. The van der Waals surface area contributed by atoms with E-state index in [1.807, 2.05) is 0 Å². The Morgan fingerprint density at radius 1 is 0.500 bits per heavy atom. The summed E-state index contributed by atoms with van der Waals surface area (Å²) < 4.78 is 0. The topological polar surface area (TPSA) is 207 Å². The smallest absolute Gasteiger partial charge is 0.326 e. The van der Waals surface area contributed by atoms with Crippen molar-refractivity contribution < 1.29 is 49.2 Å². The van der Waals surface area contributed by atoms with Gasteiger partial charge in [-0.25, -0.2) is 9.59 Å². The summed E-state index contributed by atoms with van der Waals surface area (Å²) in [5.74, 6) is -5.73. The van der Waals surface area contributed by atoms with Crippen LogP contribution in [0.4, 0.5) is 0 Å². The molecule has 0 saturated heterocycles. The average Bonchev–Trinajstić information content (AvgIpc) is 2.69. The Labute approximate surface area is 185 Å². The van der Waals surface area contributed by atoms with E-state index in [0.717, 1.165) is 25.7 Å². The molecule has 0 aromatic carbocycles. The Balaban J connectivity index is 3.90. The van der Waals surface area contributed by atoms with Crippen LogP contribution in [0.2, 0.25) is 0 Å². The molecular weight excluding hydrogens is 428 g/mol. The summed E-state index contributed by atoms with van der Waals surface area (Å²) in [6, 6.07) is -2.45. The number of unbranched alkanes of at least 4 members (excludes halogenated alkanes) is 5. The molecule has 0 aromatic rings. The first kappa shape index (κ1) is 28.8. The second-order valence-corrected chi connectivity index (χ2v) is 7.40. The highest BCUT2D eigenvalue weighted by atomic mass is 16.4. The summed E-state index contributed by atoms with van der Waals surface area (Å²) in [6.45, 7) is 0. The molecule has 0 aromatic heterocycles. The van der Waals surface area contributed by atoms with E-state index in [-0.39, 0.29) is 38.5 Å². The maximum atomic E-state index is 11.8. The Bertz CT molecular complexity index is 609. The third-order valence-electron chi connectivity index (χ3n) is 4.62. The van der Waals surface area contributed by atoms with Crippen LogP contribution >= 0.6 is 0 Å². The summed E-state index contributed by atoms with van der Waals surface area (Å²) in [7, 11) is 0. The first-order valence-corrected chi connectivity index (χ1v) is 10.5. The van der Waals surface area contributed by atoms with Gasteiger partial charge >= 0.3 is 23.9 Å². The minimum Gasteiger partial charge on any atom is -0.481 e. The predicted octanol–water partition coefficient (Wildman–Crippen LogP) is 0.976. The van der Waals surface area contributed by atoms with Crippen molar-refractivity contribution in [1.29, 1.82) is 0 Å². The van der Waals surface area contributed by atoms with Crippen LogP contribution in [0, 0.1) is 0 Å². The predicted molar refractivity (Wildman–Crippen MR) is 110 cm³/mol. The maximum absolute atomic E-state index is 11.8. The lowest BCUT2D eigenvalue weighted by Gasteiger charge is -2.13. The van der Waals surface area contributed by atoms with Crippen molar-refractivity contribution in [3.8, 4) is 0 Å². The lowest BCUT2D eigenvalue weighted by atomic mass is 10.1. The Morgan fingerprint density at radius 3 is 1.09 bits per heavy atom. The molecule has 0 spiro atoms. The highest BCUT2D eigenvalue weighted by molar-refractivity contribution is 5.84. The van der Waals surface area contributed by atoms with Crippen molar-refractivity contribution >= 4 is 35.7 Å². The van der Waals surface area contributed by atoms with Crippen LogP contribution < -0.4 is 10.6 Å². The van der Waals surface area contributed by atoms with Crippen molar-refractivity contribution in [1.82, 2.24) is 10.6 Å². The van der Waals surface area contributed by atoms with Gasteiger partial charge < -0.3 is 31.1 Å². The zero-order valence-electron chi connectivity index (χ0n) is 17.9. The standard InChI is InChI=1S/C20H32N2O10/c23-15(21-13(19(29)30)9-11-17(25)26)7-5-3-1-2-4-6-8-16(24)22-14(20(31)32)10-12-18(27)28/h13-14H,1-12H2,(H,21,23)(H,22,24)(H,25,26)(H,27,28)(H,29,30)(H,31,32)/t13-,14-/m0/s1. The lowest BCUT2D eigenvalue weighted by molar-refractivity contribution is -0.144. The first-order chi connectivity index (χ1) is 15.0. The van der Waals surface area contributed by atoms with Gasteiger partial charge in [0.15, 0.2) is 0 Å². The number of amides is 2. The van der Waals surface area contributed by atoms with E-state index >= 15 is 0 Å². The minimum absolute atomic E-state index is 0.131. The molecule has 2 atom stereocenters. The van der Waals surface area contributed by atoms with Gasteiger partial charge in [0.2, 0.25) is 11.8 Å². The molecule has 2 amide bonds. The summed E-state index contributed by atoms with van der Waals surface area (Å²) in [4.78, 5) is 66.7. The fourth-order valence-corrected chi connectivity index (χ4v) is 2.86. The molecule has 0 heterocycles. The molecule has 0 aliphatic heterocycles. The second kappa shape index (κ2) is 16.5. The molecule has 0 aliphatic rings. The molecule has 0 aliphatic carbocycles. The van der Waals surface area contributed by atoms with Crippen molar-refractivity contribution in [3.05, 3.63) is 0 Å². The van der Waals surface area contributed by atoms with Crippen molar-refractivity contribution in [2.24, 2.45) is 0 Å². The molecule has 0 unspecified atom stereocenters. The van der Waals surface area contributed by atoms with E-state index in [4.69, 9.17) is 20.4 Å². The number of carboxylic acid groups (broad SMARTS) is 4. The fraction of sp³-hybridized carbons (Fsp3) is 0.700. The summed E-state index contributed by atoms with van der Waals surface area (Å²) in [5, 5.41) is 39.8. The molecule has 6 N–H and O–H groups in total. The van der Waals surface area contributed by atoms with Crippen molar-refractivity contribution in [3.63, 3.8) is 0 Å². The van der Waals surface area contributed by atoms with E-state index in [1.165, 1.54) is 0 Å². The normalized spacial score (nSPS) is 12.4. The van der Waals surface area contributed by atoms with Crippen LogP contribution in [-0.2, 0) is 28.8 Å². The lowest BCUT2D eigenvalue weighted by Crippen LogP contribution is -2.41. The van der Waals surface area contributed by atoms with Crippen LogP contribution in [0.15, 0.2) is 0 Å². The average molecular weight is 460 g/mol. The number of hydrogen-bond donors (Lipinski definition) is 6. The van der Waals surface area contributed by atoms with E-state index in [9.17, 15) is 28.8 Å². The molecule has 12 nitrogen and oxygen atoms in total. The number of carboxylic acids is 4. The molecule has 0 radical (unpaired) electrons. The first-order valence-electron chi connectivity index (χ1n) is 10.5. The Morgan fingerprint density at radius 2 is 0.812 bits per heavy atom. The zero-order valence-corrected chi connectivity index (χ0v) is 17.9. The van der Waals surface area contributed by atoms with Crippen LogP contribution in [-0.4, -0.2) is 68.2 Å². The monoisotopic (exact) mass is 460 g/mol. The summed E-state index contributed by atoms with van der Waals surface area (Å²) >= 11 is 0. The number of nitrogens with one attached hydrogen (secondary N) is 2. The Hall–Kier alpha value is -3.18. The van der Waals surface area contributed by atoms with Crippen LogP contribution in [0.1, 0.15) is 77.0 Å². The van der Waals surface area contributed by atoms with Crippen molar-refractivity contribution in [2.75, 3.05) is 0 Å². The van der Waals surface area contributed by atoms with Gasteiger partial charge in [-0.2, -0.15) is 0 Å². The van der Waals surface area contributed by atoms with E-state index in [1.54, 1.807) is 0 Å². The van der Waals surface area contributed by atoms with Crippen molar-refractivity contribution in [2.45, 2.75) is 89.1 Å². The molecule has 182 valence electrons. The van der Waals surface area contributed by atoms with Gasteiger partial charge in [0, 0.05) is 25.7 Å². The number of rotatable bonds is 19. The molecule has 0 saturated carbocycles. The molecular formula is C20H32N2O10. The highest BCUT2D eigenvalue weighted by Crippen LogP contribution is 2.09. The SMILES string of the molecule is O=C(O)CC[C@H](NC(=O)CCCCCCCCC(=O)N[C@@H](CCC(=O)O)C(=O)O)C(=O)O. The van der Waals surface area contributed by atoms with Crippen LogP contribution in [0.5, 0.6) is 0 Å². The Kier molecular flexibility index (Phi) is 14.9. The van der Waals surface area contributed by atoms with Gasteiger partial charge in [-0.3, -0.25) is 19.2 Å². The van der Waals surface area contributed by atoms with E-state index in [0.29, 0.717) is 12.8 Å². The van der Waals surface area contributed by atoms with Crippen LogP contribution in [0.3, 0.4) is 0 Å². The van der Waals surface area contributed by atoms with Gasteiger partial charge in [0.25, 0.3) is 0 Å². The highest BCUT2D eigenvalue weighted by Gasteiger charge is 2.21. The molecule has 0 bridgehead atoms. The zero-order chi connectivity index (χ0) is 24.5. The van der Waals surface area contributed by atoms with E-state index < -0.39 is 47.8 Å².